The van der Waals surface area contributed by atoms with Gasteiger partial charge in [-0.15, -0.1) is 10.2 Å². The molecule has 2 aromatic heterocycles. The lowest BCUT2D eigenvalue weighted by Gasteiger charge is -2.51. The molecule has 1 saturated heterocycles. The lowest BCUT2D eigenvalue weighted by Crippen LogP contribution is -2.57. The summed E-state index contributed by atoms with van der Waals surface area (Å²) in [6.07, 6.45) is 5.18. The van der Waals surface area contributed by atoms with Crippen LogP contribution in [0.15, 0.2) is 6.33 Å². The van der Waals surface area contributed by atoms with Crippen molar-refractivity contribution in [1.82, 2.24) is 25.1 Å². The van der Waals surface area contributed by atoms with Gasteiger partial charge in [-0.05, 0) is 18.8 Å². The topological polar surface area (TPSA) is 60.9 Å². The molecule has 2 aliphatic rings. The number of piperidine rings is 1. The lowest BCUT2D eigenvalue weighted by atomic mass is 9.78. The zero-order chi connectivity index (χ0) is 18.3. The molecule has 0 saturated carbocycles. The molecular weight excluding hydrogens is 344 g/mol. The maximum absolute atomic E-state index is 4.78. The van der Waals surface area contributed by atoms with Gasteiger partial charge in [-0.3, -0.25) is 4.90 Å². The minimum absolute atomic E-state index is 0.0833. The van der Waals surface area contributed by atoms with Crippen molar-refractivity contribution in [2.75, 3.05) is 31.1 Å². The van der Waals surface area contributed by atoms with Crippen molar-refractivity contribution in [1.29, 1.82) is 0 Å². The summed E-state index contributed by atoms with van der Waals surface area (Å²) in [6.45, 7) is 13.3. The first kappa shape index (κ1) is 17.9. The molecule has 0 unspecified atom stereocenters. The van der Waals surface area contributed by atoms with Crippen LogP contribution in [0.5, 0.6) is 0 Å². The zero-order valence-corrected chi connectivity index (χ0v) is 17.1. The number of nitrogens with one attached hydrogen (secondary N) is 1. The molecule has 7 heteroatoms. The molecule has 1 N–H and O–H groups in total. The number of rotatable bonds is 4. The number of aromatic nitrogens is 4. The number of anilines is 1. The first-order valence-corrected chi connectivity index (χ1v) is 10.7. The van der Waals surface area contributed by atoms with Gasteiger partial charge in [-0.1, -0.05) is 39.0 Å². The van der Waals surface area contributed by atoms with Crippen LogP contribution < -0.4 is 4.90 Å². The monoisotopic (exact) mass is 374 g/mol. The summed E-state index contributed by atoms with van der Waals surface area (Å²) < 4.78 is 0. The van der Waals surface area contributed by atoms with Gasteiger partial charge in [0.25, 0.3) is 0 Å². The molecule has 26 heavy (non-hydrogen) atoms. The number of nitrogens with zero attached hydrogens (tertiary/aromatic N) is 5. The van der Waals surface area contributed by atoms with Crippen LogP contribution in [0.1, 0.15) is 62.8 Å². The van der Waals surface area contributed by atoms with Gasteiger partial charge in [0.2, 0.25) is 5.13 Å². The van der Waals surface area contributed by atoms with E-state index in [0.29, 0.717) is 11.8 Å². The first-order valence-electron chi connectivity index (χ1n) is 9.86. The van der Waals surface area contributed by atoms with Gasteiger partial charge in [0, 0.05) is 44.2 Å². The van der Waals surface area contributed by atoms with Gasteiger partial charge < -0.3 is 9.88 Å². The predicted octanol–water partition coefficient (Wildman–Crippen LogP) is 3.39. The van der Waals surface area contributed by atoms with E-state index in [1.54, 1.807) is 11.3 Å². The van der Waals surface area contributed by atoms with Gasteiger partial charge in [-0.2, -0.15) is 0 Å². The largest absolute Gasteiger partial charge is 0.348 e. The van der Waals surface area contributed by atoms with Crippen LogP contribution in [0.2, 0.25) is 0 Å². The number of aromatic amines is 1. The fourth-order valence-electron chi connectivity index (χ4n) is 4.44. The molecule has 6 nitrogen and oxygen atoms in total. The second-order valence-electron chi connectivity index (χ2n) is 8.42. The Morgan fingerprint density at radius 2 is 1.92 bits per heavy atom. The van der Waals surface area contributed by atoms with Gasteiger partial charge in [0.05, 0.1) is 17.6 Å². The third-order valence-electron chi connectivity index (χ3n) is 5.77. The Balaban J connectivity index is 1.56. The second kappa shape index (κ2) is 6.93. The van der Waals surface area contributed by atoms with Crippen molar-refractivity contribution in [2.24, 2.45) is 5.92 Å². The van der Waals surface area contributed by atoms with Crippen molar-refractivity contribution in [3.8, 4) is 0 Å². The van der Waals surface area contributed by atoms with Crippen molar-refractivity contribution >= 4 is 16.5 Å². The van der Waals surface area contributed by atoms with Crippen LogP contribution in [-0.2, 0) is 12.0 Å². The minimum Gasteiger partial charge on any atom is -0.348 e. The summed E-state index contributed by atoms with van der Waals surface area (Å²) in [7, 11) is 0. The molecule has 142 valence electrons. The molecule has 0 aromatic carbocycles. The van der Waals surface area contributed by atoms with E-state index in [1.807, 2.05) is 6.33 Å². The standard InChI is InChI=1S/C19H30N6S/c1-13(2)11-25-8-5-15-16(21-12-20-15)19(25)6-9-24(10-7-19)18-23-22-17(26-18)14(3)4/h12-14H,5-11H2,1-4H3,(H,20,21). The van der Waals surface area contributed by atoms with E-state index in [0.717, 1.165) is 55.6 Å². The summed E-state index contributed by atoms with van der Waals surface area (Å²) in [4.78, 5) is 13.3. The Morgan fingerprint density at radius 3 is 2.58 bits per heavy atom. The Morgan fingerprint density at radius 1 is 1.15 bits per heavy atom. The summed E-state index contributed by atoms with van der Waals surface area (Å²) in [5.41, 5.74) is 2.72. The molecular formula is C19H30N6S. The lowest BCUT2D eigenvalue weighted by molar-refractivity contribution is 0.0342. The number of hydrogen-bond donors (Lipinski definition) is 1. The van der Waals surface area contributed by atoms with Gasteiger partial charge in [0.1, 0.15) is 5.01 Å². The summed E-state index contributed by atoms with van der Waals surface area (Å²) in [5, 5.41) is 11.0. The van der Waals surface area contributed by atoms with E-state index in [-0.39, 0.29) is 5.54 Å². The summed E-state index contributed by atoms with van der Waals surface area (Å²) in [5.74, 6) is 1.12. The van der Waals surface area contributed by atoms with Crippen LogP contribution in [0, 0.1) is 5.92 Å². The Bertz CT molecular complexity index is 741. The Hall–Kier alpha value is -1.47. The van der Waals surface area contributed by atoms with Crippen molar-refractivity contribution in [3.05, 3.63) is 22.7 Å². The Kier molecular flexibility index (Phi) is 4.77. The van der Waals surface area contributed by atoms with Crippen molar-refractivity contribution < 1.29 is 0 Å². The zero-order valence-electron chi connectivity index (χ0n) is 16.3. The Labute approximate surface area is 160 Å². The highest BCUT2D eigenvalue weighted by molar-refractivity contribution is 7.15. The number of H-pyrrole nitrogens is 1. The van der Waals surface area contributed by atoms with Crippen molar-refractivity contribution in [2.45, 2.75) is 58.4 Å². The van der Waals surface area contributed by atoms with E-state index in [9.17, 15) is 0 Å². The third kappa shape index (κ3) is 3.05. The SMILES string of the molecule is CC(C)CN1CCc2[nH]cnc2C12CCN(c1nnc(C(C)C)s1)CC2. The average Bonchev–Trinajstić information content (AvgIpc) is 3.27. The van der Waals surface area contributed by atoms with Gasteiger partial charge in [-0.25, -0.2) is 4.98 Å². The van der Waals surface area contributed by atoms with Crippen LogP contribution in [0.3, 0.4) is 0 Å². The maximum atomic E-state index is 4.78. The van der Waals surface area contributed by atoms with E-state index >= 15 is 0 Å². The van der Waals surface area contributed by atoms with Crippen LogP contribution >= 0.6 is 11.3 Å². The molecule has 1 fully saturated rings. The fourth-order valence-corrected chi connectivity index (χ4v) is 5.34. The maximum Gasteiger partial charge on any atom is 0.208 e. The molecule has 4 rings (SSSR count). The predicted molar refractivity (Wildman–Crippen MR) is 106 cm³/mol. The van der Waals surface area contributed by atoms with Crippen LogP contribution in [-0.4, -0.2) is 51.2 Å². The van der Waals surface area contributed by atoms with E-state index in [1.165, 1.54) is 11.4 Å². The van der Waals surface area contributed by atoms with Gasteiger partial charge in [0.15, 0.2) is 0 Å². The molecule has 0 bridgehead atoms. The normalized spacial score (nSPS) is 20.3. The molecule has 0 amide bonds. The molecule has 4 heterocycles. The first-order chi connectivity index (χ1) is 12.5. The third-order valence-corrected chi connectivity index (χ3v) is 7.05. The fraction of sp³-hybridized carbons (Fsp3) is 0.737. The number of fused-ring (bicyclic) bond motifs is 2. The summed E-state index contributed by atoms with van der Waals surface area (Å²) in [6, 6.07) is 0. The average molecular weight is 375 g/mol. The highest BCUT2D eigenvalue weighted by Gasteiger charge is 2.46. The number of hydrogen-bond acceptors (Lipinski definition) is 6. The molecule has 1 spiro atoms. The highest BCUT2D eigenvalue weighted by Crippen LogP contribution is 2.43. The number of imidazole rings is 1. The van der Waals surface area contributed by atoms with Crippen LogP contribution in [0.4, 0.5) is 5.13 Å². The second-order valence-corrected chi connectivity index (χ2v) is 9.40. The smallest absolute Gasteiger partial charge is 0.208 e. The molecule has 0 aliphatic carbocycles. The molecule has 0 radical (unpaired) electrons. The molecule has 2 aliphatic heterocycles. The van der Waals surface area contributed by atoms with Crippen LogP contribution in [0.25, 0.3) is 0 Å². The summed E-state index contributed by atoms with van der Waals surface area (Å²) >= 11 is 1.75. The van der Waals surface area contributed by atoms with E-state index in [4.69, 9.17) is 4.98 Å². The quantitative estimate of drug-likeness (QED) is 0.889. The van der Waals surface area contributed by atoms with E-state index in [2.05, 4.69) is 52.7 Å². The minimum atomic E-state index is 0.0833. The van der Waals surface area contributed by atoms with Crippen molar-refractivity contribution in [3.63, 3.8) is 0 Å². The van der Waals surface area contributed by atoms with Gasteiger partial charge >= 0.3 is 0 Å². The highest BCUT2D eigenvalue weighted by atomic mass is 32.1. The molecule has 0 atom stereocenters. The molecule has 2 aromatic rings. The van der Waals surface area contributed by atoms with E-state index < -0.39 is 0 Å².